The van der Waals surface area contributed by atoms with Gasteiger partial charge < -0.3 is 11.1 Å². The lowest BCUT2D eigenvalue weighted by molar-refractivity contribution is -0.123. The van der Waals surface area contributed by atoms with Gasteiger partial charge in [0.1, 0.15) is 0 Å². The number of carbonyl (C=O) groups excluding carboxylic acids is 1. The predicted molar refractivity (Wildman–Crippen MR) is 70.4 cm³/mol. The molecule has 6 unspecified atom stereocenters. The molecule has 0 radical (unpaired) electrons. The fourth-order valence-electron chi connectivity index (χ4n) is 4.74. The minimum Gasteiger partial charge on any atom is -0.352 e. The maximum atomic E-state index is 11.9. The van der Waals surface area contributed by atoms with Crippen molar-refractivity contribution in [3.8, 4) is 12.3 Å². The molecular formula is C15H22N2O. The molecule has 0 spiro atoms. The van der Waals surface area contributed by atoms with Gasteiger partial charge >= 0.3 is 0 Å². The molecule has 0 saturated heterocycles. The Hall–Kier alpha value is -1.01. The lowest BCUT2D eigenvalue weighted by Crippen LogP contribution is -2.48. The Balaban J connectivity index is 1.60. The zero-order valence-corrected chi connectivity index (χ0v) is 10.8. The summed E-state index contributed by atoms with van der Waals surface area (Å²) in [5, 5.41) is 3.15. The molecule has 0 aliphatic heterocycles. The molecule has 3 heteroatoms. The van der Waals surface area contributed by atoms with Crippen molar-refractivity contribution in [1.29, 1.82) is 0 Å². The van der Waals surface area contributed by atoms with E-state index in [4.69, 9.17) is 12.2 Å². The molecule has 3 aliphatic rings. The fraction of sp³-hybridized carbons (Fsp3) is 0.800. The molecule has 2 bridgehead atoms. The van der Waals surface area contributed by atoms with E-state index in [0.29, 0.717) is 18.4 Å². The van der Waals surface area contributed by atoms with Crippen molar-refractivity contribution in [3.63, 3.8) is 0 Å². The third kappa shape index (κ3) is 1.83. The molecule has 3 N–H and O–H groups in total. The van der Waals surface area contributed by atoms with Crippen molar-refractivity contribution in [2.24, 2.45) is 29.4 Å². The Morgan fingerprint density at radius 3 is 2.89 bits per heavy atom. The number of nitrogens with two attached hydrogens (primary N) is 1. The SMILES string of the molecule is C#CCC(N)C(=O)NC1CC2CC1C1CCCC21. The average molecular weight is 246 g/mol. The molecule has 1 amide bonds. The summed E-state index contributed by atoms with van der Waals surface area (Å²) < 4.78 is 0. The lowest BCUT2D eigenvalue weighted by Gasteiger charge is -2.32. The number of amides is 1. The van der Waals surface area contributed by atoms with E-state index in [0.717, 1.165) is 17.8 Å². The molecule has 0 heterocycles. The van der Waals surface area contributed by atoms with Crippen molar-refractivity contribution >= 4 is 5.91 Å². The van der Waals surface area contributed by atoms with E-state index in [1.54, 1.807) is 0 Å². The van der Waals surface area contributed by atoms with Crippen molar-refractivity contribution in [3.05, 3.63) is 0 Å². The van der Waals surface area contributed by atoms with Crippen LogP contribution in [0.15, 0.2) is 0 Å². The van der Waals surface area contributed by atoms with Crippen LogP contribution < -0.4 is 11.1 Å². The van der Waals surface area contributed by atoms with Crippen molar-refractivity contribution in [2.45, 2.75) is 50.6 Å². The Bertz CT molecular complexity index is 386. The van der Waals surface area contributed by atoms with Crippen LogP contribution in [0.3, 0.4) is 0 Å². The molecule has 0 aromatic carbocycles. The summed E-state index contributed by atoms with van der Waals surface area (Å²) in [6.07, 6.45) is 12.2. The summed E-state index contributed by atoms with van der Waals surface area (Å²) in [4.78, 5) is 11.9. The Kier molecular flexibility index (Phi) is 3.07. The number of hydrogen-bond donors (Lipinski definition) is 2. The van der Waals surface area contributed by atoms with Crippen LogP contribution in [0, 0.1) is 36.0 Å². The normalized spacial score (nSPS) is 42.3. The molecule has 98 valence electrons. The standard InChI is InChI=1S/C15H22N2O/c1-2-4-13(16)15(18)17-14-8-9-7-12(14)11-6-3-5-10(9)11/h1,9-14H,3-8,16H2,(H,17,18). The molecule has 6 atom stereocenters. The highest BCUT2D eigenvalue weighted by Gasteiger charge is 2.54. The first-order valence-electron chi connectivity index (χ1n) is 7.20. The van der Waals surface area contributed by atoms with E-state index in [9.17, 15) is 4.79 Å². The van der Waals surface area contributed by atoms with Crippen LogP contribution in [0.1, 0.15) is 38.5 Å². The highest BCUT2D eigenvalue weighted by molar-refractivity contribution is 5.82. The number of nitrogens with one attached hydrogen (secondary N) is 1. The van der Waals surface area contributed by atoms with Crippen molar-refractivity contribution in [1.82, 2.24) is 5.32 Å². The van der Waals surface area contributed by atoms with Gasteiger partial charge in [0.15, 0.2) is 0 Å². The quantitative estimate of drug-likeness (QED) is 0.737. The van der Waals surface area contributed by atoms with Crippen LogP contribution in [0.2, 0.25) is 0 Å². The summed E-state index contributed by atoms with van der Waals surface area (Å²) in [7, 11) is 0. The van der Waals surface area contributed by atoms with Gasteiger partial charge in [0.2, 0.25) is 5.91 Å². The van der Waals surface area contributed by atoms with E-state index >= 15 is 0 Å². The van der Waals surface area contributed by atoms with Gasteiger partial charge in [-0.1, -0.05) is 6.42 Å². The second-order valence-electron chi connectivity index (χ2n) is 6.28. The minimum atomic E-state index is -0.534. The van der Waals surface area contributed by atoms with Gasteiger partial charge in [-0.3, -0.25) is 4.79 Å². The van der Waals surface area contributed by atoms with E-state index in [-0.39, 0.29) is 5.91 Å². The van der Waals surface area contributed by atoms with E-state index in [2.05, 4.69) is 11.2 Å². The van der Waals surface area contributed by atoms with Gasteiger partial charge in [0.05, 0.1) is 6.04 Å². The molecular weight excluding hydrogens is 224 g/mol. The van der Waals surface area contributed by atoms with Crippen LogP contribution >= 0.6 is 0 Å². The highest BCUT2D eigenvalue weighted by Crippen LogP contribution is 2.58. The molecule has 18 heavy (non-hydrogen) atoms. The van der Waals surface area contributed by atoms with Gasteiger partial charge in [0.25, 0.3) is 0 Å². The maximum absolute atomic E-state index is 11.9. The van der Waals surface area contributed by atoms with Gasteiger partial charge in [0, 0.05) is 12.5 Å². The zero-order valence-electron chi connectivity index (χ0n) is 10.8. The van der Waals surface area contributed by atoms with Gasteiger partial charge in [-0.15, -0.1) is 12.3 Å². The molecule has 0 aromatic heterocycles. The molecule has 3 rings (SSSR count). The Morgan fingerprint density at radius 1 is 1.33 bits per heavy atom. The lowest BCUT2D eigenvalue weighted by atomic mass is 9.79. The second-order valence-corrected chi connectivity index (χ2v) is 6.28. The van der Waals surface area contributed by atoms with Crippen LogP contribution in [-0.4, -0.2) is 18.0 Å². The third-order valence-electron chi connectivity index (χ3n) is 5.43. The molecule has 0 aromatic rings. The first-order chi connectivity index (χ1) is 8.70. The number of rotatable bonds is 3. The topological polar surface area (TPSA) is 55.1 Å². The van der Waals surface area contributed by atoms with Gasteiger partial charge in [-0.25, -0.2) is 0 Å². The summed E-state index contributed by atoms with van der Waals surface area (Å²) in [6, 6.07) is -0.167. The van der Waals surface area contributed by atoms with Gasteiger partial charge in [-0.05, 0) is 49.4 Å². The third-order valence-corrected chi connectivity index (χ3v) is 5.43. The summed E-state index contributed by atoms with van der Waals surface area (Å²) in [6.45, 7) is 0. The first kappa shape index (κ1) is 12.0. The van der Waals surface area contributed by atoms with E-state index < -0.39 is 6.04 Å². The number of carbonyl (C=O) groups is 1. The average Bonchev–Trinajstić information content (AvgIpc) is 3.00. The molecule has 3 saturated carbocycles. The fourth-order valence-corrected chi connectivity index (χ4v) is 4.74. The minimum absolute atomic E-state index is 0.0555. The molecule has 3 nitrogen and oxygen atoms in total. The summed E-state index contributed by atoms with van der Waals surface area (Å²) in [5.74, 6) is 5.81. The van der Waals surface area contributed by atoms with Crippen LogP contribution in [0.25, 0.3) is 0 Å². The van der Waals surface area contributed by atoms with Gasteiger partial charge in [-0.2, -0.15) is 0 Å². The van der Waals surface area contributed by atoms with Crippen molar-refractivity contribution in [2.75, 3.05) is 0 Å². The number of hydrogen-bond acceptors (Lipinski definition) is 2. The number of terminal acetylenes is 1. The monoisotopic (exact) mass is 246 g/mol. The zero-order chi connectivity index (χ0) is 12.7. The maximum Gasteiger partial charge on any atom is 0.238 e. The smallest absolute Gasteiger partial charge is 0.238 e. The van der Waals surface area contributed by atoms with E-state index in [1.807, 2.05) is 0 Å². The first-order valence-corrected chi connectivity index (χ1v) is 7.20. The largest absolute Gasteiger partial charge is 0.352 e. The second kappa shape index (κ2) is 4.59. The predicted octanol–water partition coefficient (Wildman–Crippen LogP) is 1.28. The van der Waals surface area contributed by atoms with Crippen LogP contribution in [0.5, 0.6) is 0 Å². The van der Waals surface area contributed by atoms with Crippen LogP contribution in [-0.2, 0) is 4.79 Å². The van der Waals surface area contributed by atoms with Crippen molar-refractivity contribution < 1.29 is 4.79 Å². The number of fused-ring (bicyclic) bond motifs is 5. The molecule has 3 aliphatic carbocycles. The van der Waals surface area contributed by atoms with Crippen LogP contribution in [0.4, 0.5) is 0 Å². The molecule has 3 fully saturated rings. The highest BCUT2D eigenvalue weighted by atomic mass is 16.2. The Morgan fingerprint density at radius 2 is 2.11 bits per heavy atom. The summed E-state index contributed by atoms with van der Waals surface area (Å²) in [5.41, 5.74) is 5.76. The van der Waals surface area contributed by atoms with E-state index in [1.165, 1.54) is 32.1 Å². The Labute approximate surface area is 109 Å². The summed E-state index contributed by atoms with van der Waals surface area (Å²) >= 11 is 0.